The molecule has 0 unspecified atom stereocenters. The highest BCUT2D eigenvalue weighted by molar-refractivity contribution is 8.26. The maximum absolute atomic E-state index is 12.3. The molecule has 0 radical (unpaired) electrons. The number of thioether (sulfide) groups is 1. The molecule has 0 aliphatic carbocycles. The Hall–Kier alpha value is -3.26. The van der Waals surface area contributed by atoms with Crippen LogP contribution in [0.25, 0.3) is 16.8 Å². The van der Waals surface area contributed by atoms with E-state index in [0.29, 0.717) is 4.91 Å². The molecular weight excluding hydrogens is 380 g/mol. The third-order valence-electron chi connectivity index (χ3n) is 3.83. The topological polar surface area (TPSA) is 60.9 Å². The van der Waals surface area contributed by atoms with Crippen LogP contribution in [0, 0.1) is 24.9 Å². The van der Waals surface area contributed by atoms with Gasteiger partial charge in [-0.2, -0.15) is 0 Å². The van der Waals surface area contributed by atoms with Crippen LogP contribution in [0.4, 0.5) is 5.69 Å². The zero-order valence-corrected chi connectivity index (χ0v) is 15.5. The van der Waals surface area contributed by atoms with Gasteiger partial charge in [0.2, 0.25) is 0 Å². The number of hydrogen-bond acceptors (Lipinski definition) is 5. The Morgan fingerprint density at radius 2 is 1.89 bits per heavy atom. The van der Waals surface area contributed by atoms with Gasteiger partial charge in [-0.15, -0.1) is 0 Å². The van der Waals surface area contributed by atoms with Crippen LogP contribution in [0.5, 0.6) is 0 Å². The molecule has 2 aromatic carbocycles. The van der Waals surface area contributed by atoms with Gasteiger partial charge in [0.1, 0.15) is 10.9 Å². The van der Waals surface area contributed by atoms with Crippen molar-refractivity contribution in [2.24, 2.45) is 0 Å². The third kappa shape index (κ3) is 3.80. The molecule has 0 aromatic heterocycles. The Labute approximate surface area is 165 Å². The van der Waals surface area contributed by atoms with Crippen LogP contribution >= 0.6 is 24.0 Å². The van der Waals surface area contributed by atoms with Crippen molar-refractivity contribution >= 4 is 62.7 Å². The SMILES string of the molecule is C#CN(C#C)c1ccc2cc(/C=C3/SC(=S)N(CC(=O)O)C3=O)ccc2c1. The number of benzene rings is 2. The van der Waals surface area contributed by atoms with Crippen molar-refractivity contribution in [2.45, 2.75) is 0 Å². The molecule has 7 heteroatoms. The molecule has 0 spiro atoms. The number of hydrogen-bond donors (Lipinski definition) is 1. The number of carboxylic acid groups (broad SMARTS) is 1. The maximum Gasteiger partial charge on any atom is 0.323 e. The van der Waals surface area contributed by atoms with E-state index in [-0.39, 0.29) is 4.32 Å². The normalized spacial score (nSPS) is 15.0. The number of amides is 1. The molecule has 5 nitrogen and oxygen atoms in total. The smallest absolute Gasteiger partial charge is 0.323 e. The number of fused-ring (bicyclic) bond motifs is 1. The van der Waals surface area contributed by atoms with Gasteiger partial charge in [0.05, 0.1) is 10.6 Å². The van der Waals surface area contributed by atoms with Crippen molar-refractivity contribution < 1.29 is 14.7 Å². The van der Waals surface area contributed by atoms with Gasteiger partial charge in [-0.1, -0.05) is 55.0 Å². The predicted molar refractivity (Wildman–Crippen MR) is 112 cm³/mol. The lowest BCUT2D eigenvalue weighted by Crippen LogP contribution is -2.33. The van der Waals surface area contributed by atoms with E-state index in [1.165, 1.54) is 4.90 Å². The molecule has 27 heavy (non-hydrogen) atoms. The summed E-state index contributed by atoms with van der Waals surface area (Å²) in [4.78, 5) is 26.0. The molecule has 132 valence electrons. The number of anilines is 1. The number of terminal acetylenes is 2. The third-order valence-corrected chi connectivity index (χ3v) is 5.21. The van der Waals surface area contributed by atoms with Gasteiger partial charge in [0.25, 0.3) is 5.91 Å². The van der Waals surface area contributed by atoms with Crippen molar-refractivity contribution in [1.29, 1.82) is 0 Å². The highest BCUT2D eigenvalue weighted by Crippen LogP contribution is 2.33. The van der Waals surface area contributed by atoms with Gasteiger partial charge in [-0.3, -0.25) is 14.5 Å². The zero-order valence-electron chi connectivity index (χ0n) is 13.9. The summed E-state index contributed by atoms with van der Waals surface area (Å²) >= 11 is 6.19. The van der Waals surface area contributed by atoms with Gasteiger partial charge in [0, 0.05) is 12.1 Å². The summed E-state index contributed by atoms with van der Waals surface area (Å²) in [5.74, 6) is -1.51. The van der Waals surface area contributed by atoms with Gasteiger partial charge >= 0.3 is 5.97 Å². The van der Waals surface area contributed by atoms with Crippen molar-refractivity contribution in [3.8, 4) is 24.9 Å². The van der Waals surface area contributed by atoms with Crippen molar-refractivity contribution in [3.05, 3.63) is 46.9 Å². The van der Waals surface area contributed by atoms with Crippen LogP contribution in [0.3, 0.4) is 0 Å². The largest absolute Gasteiger partial charge is 0.480 e. The molecule has 1 heterocycles. The van der Waals surface area contributed by atoms with Crippen LogP contribution in [0.1, 0.15) is 5.56 Å². The maximum atomic E-state index is 12.3. The number of carboxylic acids is 1. The van der Waals surface area contributed by atoms with Crippen LogP contribution in [0.15, 0.2) is 41.3 Å². The molecule has 1 N–H and O–H groups in total. The first kappa shape index (κ1) is 18.5. The van der Waals surface area contributed by atoms with Crippen molar-refractivity contribution in [2.75, 3.05) is 11.4 Å². The fraction of sp³-hybridized carbons (Fsp3) is 0.0500. The average Bonchev–Trinajstić information content (AvgIpc) is 2.90. The van der Waals surface area contributed by atoms with E-state index in [2.05, 4.69) is 12.1 Å². The molecule has 3 rings (SSSR count). The fourth-order valence-corrected chi connectivity index (χ4v) is 3.84. The summed E-state index contributed by atoms with van der Waals surface area (Å²) in [6.45, 7) is -0.441. The van der Waals surface area contributed by atoms with E-state index in [0.717, 1.165) is 38.7 Å². The predicted octanol–water partition coefficient (Wildman–Crippen LogP) is 3.11. The lowest BCUT2D eigenvalue weighted by molar-refractivity contribution is -0.140. The number of nitrogens with zero attached hydrogens (tertiary/aromatic N) is 2. The minimum atomic E-state index is -1.11. The monoisotopic (exact) mass is 392 g/mol. The second-order valence-electron chi connectivity index (χ2n) is 5.55. The second-order valence-corrected chi connectivity index (χ2v) is 7.22. The number of carbonyl (C=O) groups is 2. The lowest BCUT2D eigenvalue weighted by Gasteiger charge is -2.10. The number of aliphatic carboxylic acids is 1. The first-order chi connectivity index (χ1) is 12.9. The minimum absolute atomic E-state index is 0.239. The number of rotatable bonds is 4. The quantitative estimate of drug-likeness (QED) is 0.373. The average molecular weight is 392 g/mol. The summed E-state index contributed by atoms with van der Waals surface area (Å²) in [6.07, 6.45) is 12.5. The molecule has 1 aliphatic heterocycles. The van der Waals surface area contributed by atoms with Crippen molar-refractivity contribution in [3.63, 3.8) is 0 Å². The fourth-order valence-electron chi connectivity index (χ4n) is 2.59. The van der Waals surface area contributed by atoms with Crippen LogP contribution in [-0.2, 0) is 9.59 Å². The molecule has 0 saturated carbocycles. The molecule has 2 aromatic rings. The van der Waals surface area contributed by atoms with Crippen LogP contribution in [-0.4, -0.2) is 32.7 Å². The minimum Gasteiger partial charge on any atom is -0.480 e. The summed E-state index contributed by atoms with van der Waals surface area (Å²) < 4.78 is 0.239. The molecular formula is C20H12N2O3S2. The van der Waals surface area contributed by atoms with Crippen LogP contribution < -0.4 is 4.90 Å². The Morgan fingerprint density at radius 1 is 1.22 bits per heavy atom. The summed E-state index contributed by atoms with van der Waals surface area (Å²) in [5, 5.41) is 10.8. The molecule has 1 amide bonds. The molecule has 1 saturated heterocycles. The van der Waals surface area contributed by atoms with E-state index in [1.54, 1.807) is 6.08 Å². The van der Waals surface area contributed by atoms with E-state index < -0.39 is 18.4 Å². The first-order valence-corrected chi connectivity index (χ1v) is 8.89. The number of carbonyl (C=O) groups excluding carboxylic acids is 1. The van der Waals surface area contributed by atoms with Gasteiger partial charge in [-0.25, -0.2) is 4.90 Å². The van der Waals surface area contributed by atoms with Crippen LogP contribution in [0.2, 0.25) is 0 Å². The molecule has 1 fully saturated rings. The standard InChI is InChI=1S/C20H12N2O3S2/c1-3-21(4-2)16-8-7-14-9-13(5-6-15(14)11-16)10-17-19(25)22(12-18(23)24)20(26)27-17/h1-2,5-11H,12H2,(H,23,24)/b17-10+. The van der Waals surface area contributed by atoms with Gasteiger partial charge < -0.3 is 5.11 Å². The first-order valence-electron chi connectivity index (χ1n) is 7.66. The van der Waals surface area contributed by atoms with Gasteiger partial charge in [-0.05, 0) is 40.6 Å². The highest BCUT2D eigenvalue weighted by atomic mass is 32.2. The summed E-state index contributed by atoms with van der Waals surface area (Å²) in [6, 6.07) is 16.1. The molecule has 0 bridgehead atoms. The summed E-state index contributed by atoms with van der Waals surface area (Å²) in [5.41, 5.74) is 1.52. The molecule has 0 atom stereocenters. The highest BCUT2D eigenvalue weighted by Gasteiger charge is 2.33. The van der Waals surface area contributed by atoms with Crippen molar-refractivity contribution in [1.82, 2.24) is 4.90 Å². The Bertz CT molecular complexity index is 1080. The van der Waals surface area contributed by atoms with Gasteiger partial charge in [0.15, 0.2) is 0 Å². The zero-order chi connectivity index (χ0) is 19.6. The van der Waals surface area contributed by atoms with E-state index in [4.69, 9.17) is 30.2 Å². The van der Waals surface area contributed by atoms with E-state index in [1.807, 2.05) is 36.4 Å². The number of thiocarbonyl (C=S) groups is 1. The summed E-state index contributed by atoms with van der Waals surface area (Å²) in [7, 11) is 0. The Balaban J connectivity index is 1.91. The Kier molecular flexibility index (Phi) is 5.18. The molecule has 1 aliphatic rings. The van der Waals surface area contributed by atoms with E-state index >= 15 is 0 Å². The Morgan fingerprint density at radius 3 is 2.56 bits per heavy atom. The van der Waals surface area contributed by atoms with E-state index in [9.17, 15) is 9.59 Å². The lowest BCUT2D eigenvalue weighted by atomic mass is 10.1. The second kappa shape index (κ2) is 7.55.